The molecule has 0 spiro atoms. The molecule has 1 fully saturated rings. The summed E-state index contributed by atoms with van der Waals surface area (Å²) in [6.07, 6.45) is 4.37. The minimum atomic E-state index is -3.56. The Bertz CT molecular complexity index is 868. The van der Waals surface area contributed by atoms with Crippen LogP contribution in [-0.2, 0) is 14.8 Å². The topological polar surface area (TPSA) is 74.7 Å². The molecule has 150 valence electrons. The molecule has 1 aliphatic rings. The summed E-state index contributed by atoms with van der Waals surface area (Å²) >= 11 is 0. The van der Waals surface area contributed by atoms with Crippen LogP contribution >= 0.6 is 0 Å². The Balaban J connectivity index is 1.78. The normalized spacial score (nSPS) is 20.3. The first-order valence-electron chi connectivity index (χ1n) is 9.84. The molecule has 1 heterocycles. The van der Waals surface area contributed by atoms with Crippen LogP contribution in [0.2, 0.25) is 0 Å². The maximum Gasteiger partial charge on any atom is 0.303 e. The molecular weight excluding hydrogens is 374 g/mol. The predicted molar refractivity (Wildman–Crippen MR) is 108 cm³/mol. The van der Waals surface area contributed by atoms with Gasteiger partial charge in [-0.3, -0.25) is 4.79 Å². The molecule has 0 aromatic heterocycles. The Hall–Kier alpha value is -2.18. The molecule has 3 rings (SSSR count). The van der Waals surface area contributed by atoms with E-state index in [0.717, 1.165) is 31.2 Å². The summed E-state index contributed by atoms with van der Waals surface area (Å²) in [5.74, 6) is -0.520. The second-order valence-corrected chi connectivity index (χ2v) is 9.22. The number of hydrogen-bond acceptors (Lipinski definition) is 3. The molecule has 2 atom stereocenters. The van der Waals surface area contributed by atoms with Crippen molar-refractivity contribution in [2.45, 2.75) is 49.5 Å². The number of aliphatic carboxylic acids is 1. The van der Waals surface area contributed by atoms with Crippen LogP contribution in [0.5, 0.6) is 0 Å². The summed E-state index contributed by atoms with van der Waals surface area (Å²) in [5.41, 5.74) is 1.02. The summed E-state index contributed by atoms with van der Waals surface area (Å²) in [6, 6.07) is 18.3. The lowest BCUT2D eigenvalue weighted by molar-refractivity contribution is -0.137. The standard InChI is InChI=1S/C22H27NO4S/c24-21(25)15-9-2-6-12-19-16-17-23(22(19)18-10-4-1-5-11-18)28(26,27)20-13-7-3-8-14-20/h1,3-5,7-8,10-11,13-14,19,22H,2,6,9,12,15-17H2,(H,24,25)/t19-,22-/m1/s1. The van der Waals surface area contributed by atoms with Crippen molar-refractivity contribution in [1.29, 1.82) is 0 Å². The molecular formula is C22H27NO4S. The third-order valence-corrected chi connectivity index (χ3v) is 7.33. The summed E-state index contributed by atoms with van der Waals surface area (Å²) < 4.78 is 28.2. The molecule has 5 nitrogen and oxygen atoms in total. The molecule has 1 N–H and O–H groups in total. The highest BCUT2D eigenvalue weighted by Gasteiger charge is 2.41. The first-order chi connectivity index (χ1) is 13.5. The average molecular weight is 402 g/mol. The number of rotatable bonds is 9. The largest absolute Gasteiger partial charge is 0.481 e. The van der Waals surface area contributed by atoms with Gasteiger partial charge in [0.2, 0.25) is 10.0 Å². The van der Waals surface area contributed by atoms with Gasteiger partial charge in [0.25, 0.3) is 0 Å². The average Bonchev–Trinajstić information content (AvgIpc) is 3.13. The summed E-state index contributed by atoms with van der Waals surface area (Å²) in [7, 11) is -3.56. The second-order valence-electron chi connectivity index (χ2n) is 7.33. The van der Waals surface area contributed by atoms with Crippen molar-refractivity contribution in [3.05, 3.63) is 66.2 Å². The maximum atomic E-state index is 13.3. The van der Waals surface area contributed by atoms with Crippen LogP contribution in [0, 0.1) is 5.92 Å². The van der Waals surface area contributed by atoms with Crippen molar-refractivity contribution in [2.75, 3.05) is 6.54 Å². The van der Waals surface area contributed by atoms with Crippen LogP contribution in [-0.4, -0.2) is 30.3 Å². The van der Waals surface area contributed by atoms with E-state index in [0.29, 0.717) is 17.9 Å². The van der Waals surface area contributed by atoms with Crippen LogP contribution in [0.1, 0.15) is 50.1 Å². The fourth-order valence-corrected chi connectivity index (χ4v) is 5.78. The van der Waals surface area contributed by atoms with Gasteiger partial charge in [-0.15, -0.1) is 0 Å². The zero-order valence-electron chi connectivity index (χ0n) is 15.9. The van der Waals surface area contributed by atoms with Gasteiger partial charge < -0.3 is 5.11 Å². The molecule has 0 amide bonds. The van der Waals surface area contributed by atoms with Crippen LogP contribution in [0.4, 0.5) is 0 Å². The Morgan fingerprint density at radius 3 is 2.25 bits per heavy atom. The van der Waals surface area contributed by atoms with Crippen LogP contribution in [0.3, 0.4) is 0 Å². The lowest BCUT2D eigenvalue weighted by Gasteiger charge is -2.28. The number of carboxylic acids is 1. The van der Waals surface area contributed by atoms with Gasteiger partial charge in [0.1, 0.15) is 0 Å². The quantitative estimate of drug-likeness (QED) is 0.629. The van der Waals surface area contributed by atoms with E-state index in [-0.39, 0.29) is 18.4 Å². The van der Waals surface area contributed by atoms with Gasteiger partial charge in [-0.1, -0.05) is 61.4 Å². The third-order valence-electron chi connectivity index (χ3n) is 5.43. The first kappa shape index (κ1) is 20.6. The van der Waals surface area contributed by atoms with Crippen molar-refractivity contribution < 1.29 is 18.3 Å². The zero-order chi connectivity index (χ0) is 20.0. The Kier molecular flexibility index (Phi) is 6.86. The number of hydrogen-bond donors (Lipinski definition) is 1. The molecule has 2 aromatic carbocycles. The third kappa shape index (κ3) is 4.80. The van der Waals surface area contributed by atoms with Crippen molar-refractivity contribution in [3.8, 4) is 0 Å². The molecule has 28 heavy (non-hydrogen) atoms. The van der Waals surface area contributed by atoms with Crippen LogP contribution in [0.25, 0.3) is 0 Å². The lowest BCUT2D eigenvalue weighted by Crippen LogP contribution is -2.32. The van der Waals surface area contributed by atoms with E-state index in [9.17, 15) is 13.2 Å². The van der Waals surface area contributed by atoms with Gasteiger partial charge in [0, 0.05) is 13.0 Å². The highest BCUT2D eigenvalue weighted by Crippen LogP contribution is 2.43. The smallest absolute Gasteiger partial charge is 0.303 e. The number of nitrogens with zero attached hydrogens (tertiary/aromatic N) is 1. The summed E-state index contributed by atoms with van der Waals surface area (Å²) in [6.45, 7) is 0.510. The summed E-state index contributed by atoms with van der Waals surface area (Å²) in [5, 5.41) is 8.77. The highest BCUT2D eigenvalue weighted by molar-refractivity contribution is 7.89. The van der Waals surface area contributed by atoms with E-state index >= 15 is 0 Å². The minimum absolute atomic E-state index is 0.175. The molecule has 0 unspecified atom stereocenters. The zero-order valence-corrected chi connectivity index (χ0v) is 16.7. The van der Waals surface area contributed by atoms with Gasteiger partial charge in [0.05, 0.1) is 10.9 Å². The van der Waals surface area contributed by atoms with E-state index in [4.69, 9.17) is 5.11 Å². The number of sulfonamides is 1. The molecule has 1 saturated heterocycles. The Morgan fingerprint density at radius 2 is 1.61 bits per heavy atom. The van der Waals surface area contributed by atoms with Crippen molar-refractivity contribution in [1.82, 2.24) is 4.31 Å². The van der Waals surface area contributed by atoms with Crippen LogP contribution < -0.4 is 0 Å². The lowest BCUT2D eigenvalue weighted by atomic mass is 9.89. The number of carboxylic acid groups (broad SMARTS) is 1. The monoisotopic (exact) mass is 401 g/mol. The van der Waals surface area contributed by atoms with E-state index < -0.39 is 16.0 Å². The highest BCUT2D eigenvalue weighted by atomic mass is 32.2. The molecule has 0 bridgehead atoms. The van der Waals surface area contributed by atoms with Gasteiger partial charge >= 0.3 is 5.97 Å². The van der Waals surface area contributed by atoms with Gasteiger partial charge in [-0.25, -0.2) is 8.42 Å². The fourth-order valence-electron chi connectivity index (χ4n) is 4.07. The molecule has 2 aromatic rings. The van der Waals surface area contributed by atoms with E-state index in [1.165, 1.54) is 0 Å². The molecule has 0 aliphatic carbocycles. The number of unbranched alkanes of at least 4 members (excludes halogenated alkanes) is 2. The fraction of sp³-hybridized carbons (Fsp3) is 0.409. The molecule has 1 aliphatic heterocycles. The molecule has 0 saturated carbocycles. The van der Waals surface area contributed by atoms with E-state index in [1.807, 2.05) is 36.4 Å². The van der Waals surface area contributed by atoms with Gasteiger partial charge in [0.15, 0.2) is 0 Å². The second kappa shape index (κ2) is 9.34. The number of benzene rings is 2. The molecule has 0 radical (unpaired) electrons. The maximum absolute atomic E-state index is 13.3. The van der Waals surface area contributed by atoms with Gasteiger partial charge in [-0.05, 0) is 42.9 Å². The van der Waals surface area contributed by atoms with Crippen molar-refractivity contribution in [3.63, 3.8) is 0 Å². The van der Waals surface area contributed by atoms with Crippen LogP contribution in [0.15, 0.2) is 65.6 Å². The van der Waals surface area contributed by atoms with Crippen molar-refractivity contribution in [2.24, 2.45) is 5.92 Å². The number of carbonyl (C=O) groups is 1. The Morgan fingerprint density at radius 1 is 0.964 bits per heavy atom. The SMILES string of the molecule is O=C(O)CCCCC[C@@H]1CCN(S(=O)(=O)c2ccccc2)[C@@H]1c1ccccc1. The van der Waals surface area contributed by atoms with Crippen molar-refractivity contribution >= 4 is 16.0 Å². The van der Waals surface area contributed by atoms with Gasteiger partial charge in [-0.2, -0.15) is 4.31 Å². The minimum Gasteiger partial charge on any atom is -0.481 e. The van der Waals surface area contributed by atoms with E-state index in [2.05, 4.69) is 0 Å². The summed E-state index contributed by atoms with van der Waals surface area (Å²) in [4.78, 5) is 11.0. The predicted octanol–water partition coefficient (Wildman–Crippen LogP) is 4.47. The molecule has 6 heteroatoms. The first-order valence-corrected chi connectivity index (χ1v) is 11.3. The Labute approximate surface area is 167 Å². The van der Waals surface area contributed by atoms with E-state index in [1.54, 1.807) is 28.6 Å².